The zero-order chi connectivity index (χ0) is 31.6. The molecular formula is C35H38Br2O5. The summed E-state index contributed by atoms with van der Waals surface area (Å²) in [6.07, 6.45) is 0. The number of aromatic carboxylic acids is 1. The van der Waals surface area contributed by atoms with Crippen molar-refractivity contribution in [2.45, 2.75) is 60.8 Å². The summed E-state index contributed by atoms with van der Waals surface area (Å²) < 4.78 is 13.2. The fraction of sp³-hybridized carbons (Fsp3) is 0.257. The number of benzene rings is 4. The second kappa shape index (κ2) is 15.7. The van der Waals surface area contributed by atoms with Crippen LogP contribution in [0.4, 0.5) is 0 Å². The van der Waals surface area contributed by atoms with E-state index in [1.807, 2.05) is 79.7 Å². The Morgan fingerprint density at radius 1 is 0.690 bits per heavy atom. The maximum Gasteiger partial charge on any atom is 0.335 e. The monoisotopic (exact) mass is 696 g/mol. The summed E-state index contributed by atoms with van der Waals surface area (Å²) >= 11 is 7.28. The molecule has 1 aliphatic heterocycles. The van der Waals surface area contributed by atoms with Gasteiger partial charge in [-0.25, -0.2) is 4.79 Å². The highest BCUT2D eigenvalue weighted by atomic mass is 79.9. The van der Waals surface area contributed by atoms with E-state index in [-0.39, 0.29) is 5.56 Å². The first-order valence-electron chi connectivity index (χ1n) is 14.3. The summed E-state index contributed by atoms with van der Waals surface area (Å²) in [5, 5.41) is 9.61. The first kappa shape index (κ1) is 34.8. The number of fused-ring (bicyclic) bond motifs is 9. The van der Waals surface area contributed by atoms with E-state index in [0.717, 1.165) is 42.3 Å². The lowest BCUT2D eigenvalue weighted by Gasteiger charge is -2.39. The second-order valence-electron chi connectivity index (χ2n) is 8.12. The number of halogens is 2. The van der Waals surface area contributed by atoms with Crippen molar-refractivity contribution in [1.29, 1.82) is 0 Å². The van der Waals surface area contributed by atoms with Crippen molar-refractivity contribution >= 4 is 44.3 Å². The topological polar surface area (TPSA) is 72.8 Å². The van der Waals surface area contributed by atoms with Crippen LogP contribution in [0, 0.1) is 0 Å². The van der Waals surface area contributed by atoms with E-state index in [0.29, 0.717) is 23.7 Å². The minimum absolute atomic E-state index is 0.125. The van der Waals surface area contributed by atoms with Crippen LogP contribution in [0.3, 0.4) is 0 Å². The number of rotatable bonds is 3. The fourth-order valence-corrected chi connectivity index (χ4v) is 5.91. The van der Waals surface area contributed by atoms with Gasteiger partial charge in [-0.05, 0) is 64.7 Å². The highest BCUT2D eigenvalue weighted by molar-refractivity contribution is 9.10. The Morgan fingerprint density at radius 3 is 1.64 bits per heavy atom. The van der Waals surface area contributed by atoms with E-state index in [1.165, 1.54) is 0 Å². The van der Waals surface area contributed by atoms with E-state index in [2.05, 4.69) is 56.1 Å². The standard InChI is InChI=1S/C27H14Br2O5.4C2H6/c28-15-2-5-18-19-6-3-16(29)11-23(19)27(22(18)10-15)20-7-1-14(26(31)32)9-24(20)34-25-12-17(33-13-30)4-8-21(25)27;4*1-2/h1-13H,(H,31,32);4*1-2H3. The van der Waals surface area contributed by atoms with Gasteiger partial charge in [-0.15, -0.1) is 0 Å². The molecule has 4 aromatic carbocycles. The second-order valence-corrected chi connectivity index (χ2v) is 9.95. The van der Waals surface area contributed by atoms with Crippen LogP contribution in [-0.4, -0.2) is 17.5 Å². The molecule has 2 aliphatic rings. The van der Waals surface area contributed by atoms with Crippen molar-refractivity contribution in [2.75, 3.05) is 0 Å². The highest BCUT2D eigenvalue weighted by Gasteiger charge is 2.51. The molecule has 1 spiro atoms. The van der Waals surface area contributed by atoms with Gasteiger partial charge in [0.1, 0.15) is 17.2 Å². The smallest absolute Gasteiger partial charge is 0.335 e. The van der Waals surface area contributed by atoms with Gasteiger partial charge in [0.25, 0.3) is 6.47 Å². The van der Waals surface area contributed by atoms with Gasteiger partial charge in [0, 0.05) is 26.1 Å². The molecule has 1 N–H and O–H groups in total. The lowest BCUT2D eigenvalue weighted by molar-refractivity contribution is -0.120. The molecule has 0 saturated heterocycles. The van der Waals surface area contributed by atoms with Crippen LogP contribution in [0.15, 0.2) is 81.7 Å². The molecule has 0 aromatic heterocycles. The molecule has 0 atom stereocenters. The van der Waals surface area contributed by atoms with Crippen LogP contribution in [-0.2, 0) is 10.2 Å². The quantitative estimate of drug-likeness (QED) is 0.186. The van der Waals surface area contributed by atoms with E-state index < -0.39 is 11.4 Å². The lowest BCUT2D eigenvalue weighted by Crippen LogP contribution is -2.32. The first-order valence-corrected chi connectivity index (χ1v) is 15.9. The molecule has 4 aromatic rings. The lowest BCUT2D eigenvalue weighted by atomic mass is 9.66. The van der Waals surface area contributed by atoms with Crippen molar-refractivity contribution in [3.63, 3.8) is 0 Å². The number of hydrogen-bond acceptors (Lipinski definition) is 4. The Kier molecular flexibility index (Phi) is 13.0. The first-order chi connectivity index (χ1) is 20.4. The molecular weight excluding hydrogens is 660 g/mol. The Bertz CT molecular complexity index is 1490. The van der Waals surface area contributed by atoms with Gasteiger partial charge in [0.05, 0.1) is 11.0 Å². The summed E-state index contributed by atoms with van der Waals surface area (Å²) in [7, 11) is 0. The van der Waals surface area contributed by atoms with Crippen molar-refractivity contribution < 1.29 is 24.2 Å². The van der Waals surface area contributed by atoms with E-state index in [4.69, 9.17) is 9.47 Å². The Balaban J connectivity index is 0.000000713. The number of carboxylic acids is 1. The molecule has 7 heteroatoms. The zero-order valence-corrected chi connectivity index (χ0v) is 28.5. The number of carbonyl (C=O) groups excluding carboxylic acids is 1. The molecule has 0 unspecified atom stereocenters. The Labute approximate surface area is 266 Å². The van der Waals surface area contributed by atoms with Gasteiger partial charge in [0.2, 0.25) is 0 Å². The van der Waals surface area contributed by atoms with Crippen LogP contribution in [0.25, 0.3) is 11.1 Å². The van der Waals surface area contributed by atoms with Crippen molar-refractivity contribution in [3.05, 3.63) is 110 Å². The van der Waals surface area contributed by atoms with Crippen molar-refractivity contribution in [2.24, 2.45) is 0 Å². The molecule has 5 nitrogen and oxygen atoms in total. The zero-order valence-electron chi connectivity index (χ0n) is 25.3. The number of carboxylic acid groups (broad SMARTS) is 1. The average molecular weight is 698 g/mol. The molecule has 6 rings (SSSR count). The van der Waals surface area contributed by atoms with Gasteiger partial charge in [0.15, 0.2) is 0 Å². The number of ether oxygens (including phenoxy) is 2. The van der Waals surface area contributed by atoms with Gasteiger partial charge >= 0.3 is 5.97 Å². The highest BCUT2D eigenvalue weighted by Crippen LogP contribution is 2.63. The average Bonchev–Trinajstić information content (AvgIpc) is 3.30. The normalized spacial score (nSPS) is 11.8. The SMILES string of the molecule is CC.CC.CC.CC.O=COc1ccc2c(c1)Oc1cc(C(=O)O)ccc1C21c2cc(Br)ccc2-c2ccc(Br)cc21. The number of carbonyl (C=O) groups is 2. The Hall–Kier alpha value is -3.42. The van der Waals surface area contributed by atoms with Gasteiger partial charge in [-0.1, -0.05) is 112 Å². The summed E-state index contributed by atoms with van der Waals surface area (Å²) in [5.41, 5.74) is 5.33. The maximum atomic E-state index is 11.7. The van der Waals surface area contributed by atoms with E-state index in [1.54, 1.807) is 24.3 Å². The minimum atomic E-state index is -1.04. The molecule has 0 radical (unpaired) electrons. The van der Waals surface area contributed by atoms with Crippen LogP contribution in [0.2, 0.25) is 0 Å². The third kappa shape index (κ3) is 6.04. The molecule has 222 valence electrons. The molecule has 0 amide bonds. The predicted octanol–water partition coefficient (Wildman–Crippen LogP) is 11.0. The molecule has 0 saturated carbocycles. The van der Waals surface area contributed by atoms with E-state index in [9.17, 15) is 14.7 Å². The van der Waals surface area contributed by atoms with Crippen LogP contribution >= 0.6 is 31.9 Å². The molecule has 42 heavy (non-hydrogen) atoms. The number of hydrogen-bond donors (Lipinski definition) is 1. The van der Waals surface area contributed by atoms with Crippen LogP contribution in [0.5, 0.6) is 17.2 Å². The van der Waals surface area contributed by atoms with Crippen LogP contribution in [0.1, 0.15) is 88.0 Å². The third-order valence-electron chi connectivity index (χ3n) is 6.46. The summed E-state index contributed by atoms with van der Waals surface area (Å²) in [5.74, 6) is 0.230. The Morgan fingerprint density at radius 2 is 1.17 bits per heavy atom. The van der Waals surface area contributed by atoms with Gasteiger partial charge in [-0.3, -0.25) is 4.79 Å². The van der Waals surface area contributed by atoms with E-state index >= 15 is 0 Å². The molecule has 1 aliphatic carbocycles. The third-order valence-corrected chi connectivity index (χ3v) is 7.44. The molecule has 1 heterocycles. The van der Waals surface area contributed by atoms with Crippen LogP contribution < -0.4 is 9.47 Å². The molecule has 0 fully saturated rings. The summed E-state index contributed by atoms with van der Waals surface area (Å²) in [6.45, 7) is 16.4. The molecule has 0 bridgehead atoms. The minimum Gasteiger partial charge on any atom is -0.478 e. The summed E-state index contributed by atoms with van der Waals surface area (Å²) in [6, 6.07) is 22.7. The van der Waals surface area contributed by atoms with Gasteiger partial charge in [-0.2, -0.15) is 0 Å². The van der Waals surface area contributed by atoms with Crippen molar-refractivity contribution in [1.82, 2.24) is 0 Å². The maximum absolute atomic E-state index is 11.7. The largest absolute Gasteiger partial charge is 0.478 e. The van der Waals surface area contributed by atoms with Crippen molar-refractivity contribution in [3.8, 4) is 28.4 Å². The summed E-state index contributed by atoms with van der Waals surface area (Å²) in [4.78, 5) is 22.7. The van der Waals surface area contributed by atoms with Gasteiger partial charge < -0.3 is 14.6 Å². The predicted molar refractivity (Wildman–Crippen MR) is 178 cm³/mol. The fourth-order valence-electron chi connectivity index (χ4n) is 5.19.